The maximum Gasteiger partial charge on any atom is 0.380 e. The number of aryl methyl sites for hydroxylation is 2. The van der Waals surface area contributed by atoms with E-state index in [4.69, 9.17) is 0 Å². The molecule has 0 radical (unpaired) electrons. The van der Waals surface area contributed by atoms with E-state index in [1.807, 2.05) is 48.5 Å². The minimum absolute atomic E-state index is 0.229. The SMILES string of the molecule is Cc1sc(C=Cc2nc3ccccc3s2)c(C)c1C1=C(c2c(C)sc(C=Cc3nc4ccccc4s3)c2C)C(F)(F)C(F)(F)C1(F)F. The lowest BCUT2D eigenvalue weighted by Gasteiger charge is -2.26. The van der Waals surface area contributed by atoms with Crippen LogP contribution in [0.25, 0.3) is 55.9 Å². The van der Waals surface area contributed by atoms with Crippen molar-refractivity contribution in [2.45, 2.75) is 45.5 Å². The van der Waals surface area contributed by atoms with E-state index in [1.54, 1.807) is 24.3 Å². The molecule has 2 nitrogen and oxygen atoms in total. The Hall–Kier alpha value is -3.58. The molecule has 1 aliphatic carbocycles. The minimum Gasteiger partial charge on any atom is -0.237 e. The number of thiazole rings is 2. The van der Waals surface area contributed by atoms with Gasteiger partial charge in [0.2, 0.25) is 0 Å². The number of hydrogen-bond acceptors (Lipinski definition) is 6. The maximum absolute atomic E-state index is 15.9. The summed E-state index contributed by atoms with van der Waals surface area (Å²) in [4.78, 5) is 10.6. The number of thiophene rings is 2. The molecule has 0 unspecified atom stereocenters. The van der Waals surface area contributed by atoms with Gasteiger partial charge < -0.3 is 0 Å². The van der Waals surface area contributed by atoms with E-state index in [9.17, 15) is 0 Å². The number of alkyl halides is 6. The molecular formula is C35H24F6N2S4. The van der Waals surface area contributed by atoms with Crippen molar-refractivity contribution in [3.05, 3.63) is 100 Å². The van der Waals surface area contributed by atoms with Crippen LogP contribution in [-0.2, 0) is 0 Å². The third kappa shape index (κ3) is 4.94. The van der Waals surface area contributed by atoms with Crippen LogP contribution in [-0.4, -0.2) is 27.7 Å². The second kappa shape index (κ2) is 11.3. The first-order valence-electron chi connectivity index (χ1n) is 14.4. The van der Waals surface area contributed by atoms with Crippen molar-refractivity contribution in [3.8, 4) is 0 Å². The van der Waals surface area contributed by atoms with Crippen LogP contribution in [0, 0.1) is 27.7 Å². The van der Waals surface area contributed by atoms with Crippen molar-refractivity contribution in [3.63, 3.8) is 0 Å². The Kier molecular flexibility index (Phi) is 7.66. The number of nitrogens with zero attached hydrogens (tertiary/aromatic N) is 2. The van der Waals surface area contributed by atoms with E-state index in [1.165, 1.54) is 50.4 Å². The van der Waals surface area contributed by atoms with Crippen molar-refractivity contribution >= 4 is 101 Å². The average Bonchev–Trinajstić information content (AvgIpc) is 3.78. The predicted molar refractivity (Wildman–Crippen MR) is 186 cm³/mol. The number of allylic oxidation sites excluding steroid dienone is 2. The van der Waals surface area contributed by atoms with Crippen molar-refractivity contribution < 1.29 is 26.3 Å². The monoisotopic (exact) mass is 714 g/mol. The third-order valence-corrected chi connectivity index (χ3v) is 12.6. The average molecular weight is 715 g/mol. The molecular weight excluding hydrogens is 691 g/mol. The summed E-state index contributed by atoms with van der Waals surface area (Å²) < 4.78 is 95.9. The van der Waals surface area contributed by atoms with E-state index in [-0.39, 0.29) is 32.0 Å². The zero-order valence-electron chi connectivity index (χ0n) is 25.2. The Morgan fingerprint density at radius 1 is 0.532 bits per heavy atom. The highest BCUT2D eigenvalue weighted by Crippen LogP contribution is 2.66. The van der Waals surface area contributed by atoms with Crippen LogP contribution in [0.5, 0.6) is 0 Å². The Labute approximate surface area is 282 Å². The van der Waals surface area contributed by atoms with Gasteiger partial charge in [0.15, 0.2) is 0 Å². The quantitative estimate of drug-likeness (QED) is 0.161. The number of aromatic nitrogens is 2. The van der Waals surface area contributed by atoms with E-state index >= 15 is 26.3 Å². The summed E-state index contributed by atoms with van der Waals surface area (Å²) in [5.41, 5.74) is -1.11. The van der Waals surface area contributed by atoms with Crippen LogP contribution in [0.4, 0.5) is 26.3 Å². The second-order valence-corrected chi connectivity index (χ2v) is 15.9. The zero-order chi connectivity index (χ0) is 33.5. The minimum atomic E-state index is -5.64. The standard InChI is InChI=1S/C35H24F6N2S4/c1-17-23(13-15-27-42-21-9-5-7-11-25(21)46-27)44-19(3)29(17)31-32(34(38,39)35(40,41)33(31,36)37)30-18(2)24(45-20(30)4)14-16-28-43-22-10-6-8-12-26(22)47-28/h5-16H,1-4H3. The van der Waals surface area contributed by atoms with Crippen LogP contribution in [0.3, 0.4) is 0 Å². The first-order valence-corrected chi connectivity index (χ1v) is 17.7. The lowest BCUT2D eigenvalue weighted by molar-refractivity contribution is -0.254. The second-order valence-electron chi connectivity index (χ2n) is 11.2. The Morgan fingerprint density at radius 3 is 1.30 bits per heavy atom. The summed E-state index contributed by atoms with van der Waals surface area (Å²) in [5, 5.41) is 1.33. The van der Waals surface area contributed by atoms with Gasteiger partial charge in [0.1, 0.15) is 10.0 Å². The summed E-state index contributed by atoms with van der Waals surface area (Å²) in [7, 11) is 0. The molecule has 2 aromatic carbocycles. The third-order valence-electron chi connectivity index (χ3n) is 8.26. The molecule has 0 saturated carbocycles. The smallest absolute Gasteiger partial charge is 0.237 e. The van der Waals surface area contributed by atoms with Gasteiger partial charge in [-0.15, -0.1) is 45.3 Å². The fourth-order valence-corrected chi connectivity index (χ4v) is 9.91. The van der Waals surface area contributed by atoms with Gasteiger partial charge >= 0.3 is 17.8 Å². The lowest BCUT2D eigenvalue weighted by atomic mass is 9.90. The maximum atomic E-state index is 15.9. The molecule has 0 bridgehead atoms. The normalized spacial score (nSPS) is 17.4. The Morgan fingerprint density at radius 2 is 0.915 bits per heavy atom. The van der Waals surface area contributed by atoms with Crippen LogP contribution >= 0.6 is 45.3 Å². The van der Waals surface area contributed by atoms with Crippen molar-refractivity contribution in [1.82, 2.24) is 9.97 Å². The van der Waals surface area contributed by atoms with E-state index in [2.05, 4.69) is 9.97 Å². The van der Waals surface area contributed by atoms with Crippen LogP contribution in [0.1, 0.15) is 51.8 Å². The zero-order valence-corrected chi connectivity index (χ0v) is 28.5. The summed E-state index contributed by atoms with van der Waals surface area (Å²) in [6, 6.07) is 15.1. The van der Waals surface area contributed by atoms with Crippen LogP contribution in [0.15, 0.2) is 48.5 Å². The van der Waals surface area contributed by atoms with Gasteiger partial charge in [-0.25, -0.2) is 9.97 Å². The van der Waals surface area contributed by atoms with Gasteiger partial charge in [-0.1, -0.05) is 24.3 Å². The fourth-order valence-electron chi connectivity index (χ4n) is 6.01. The number of hydrogen-bond donors (Lipinski definition) is 0. The summed E-state index contributed by atoms with van der Waals surface area (Å²) >= 11 is 5.05. The van der Waals surface area contributed by atoms with Gasteiger partial charge in [-0.05, 0) is 87.4 Å². The summed E-state index contributed by atoms with van der Waals surface area (Å²) in [6.07, 6.45) is 6.78. The number of fused-ring (bicyclic) bond motifs is 2. The van der Waals surface area contributed by atoms with Gasteiger partial charge in [-0.3, -0.25) is 0 Å². The topological polar surface area (TPSA) is 25.8 Å². The summed E-state index contributed by atoms with van der Waals surface area (Å²) in [6.45, 7) is 6.00. The first kappa shape index (κ1) is 32.0. The molecule has 0 aliphatic heterocycles. The number of benzene rings is 2. The highest BCUT2D eigenvalue weighted by atomic mass is 32.1. The van der Waals surface area contributed by atoms with Gasteiger partial charge in [0, 0.05) is 41.8 Å². The molecule has 4 heterocycles. The van der Waals surface area contributed by atoms with E-state index in [0.29, 0.717) is 19.8 Å². The van der Waals surface area contributed by atoms with E-state index < -0.39 is 28.9 Å². The fraction of sp³-hybridized carbons (Fsp3) is 0.200. The van der Waals surface area contributed by atoms with Gasteiger partial charge in [0.05, 0.1) is 20.4 Å². The molecule has 12 heteroatoms. The van der Waals surface area contributed by atoms with Crippen LogP contribution in [0.2, 0.25) is 0 Å². The predicted octanol–water partition coefficient (Wildman–Crippen LogP) is 12.4. The van der Waals surface area contributed by atoms with Crippen molar-refractivity contribution in [2.75, 3.05) is 0 Å². The number of rotatable bonds is 6. The highest BCUT2D eigenvalue weighted by Gasteiger charge is 2.80. The van der Waals surface area contributed by atoms with E-state index in [0.717, 1.165) is 43.1 Å². The van der Waals surface area contributed by atoms with Gasteiger partial charge in [-0.2, -0.15) is 26.3 Å². The molecule has 6 aromatic rings. The lowest BCUT2D eigenvalue weighted by Crippen LogP contribution is -2.49. The Bertz CT molecular complexity index is 2070. The summed E-state index contributed by atoms with van der Waals surface area (Å²) in [5.74, 6) is -15.9. The molecule has 4 aromatic heterocycles. The van der Waals surface area contributed by atoms with Crippen molar-refractivity contribution in [1.29, 1.82) is 0 Å². The molecule has 240 valence electrons. The van der Waals surface area contributed by atoms with Crippen LogP contribution < -0.4 is 0 Å². The molecule has 47 heavy (non-hydrogen) atoms. The highest BCUT2D eigenvalue weighted by molar-refractivity contribution is 7.20. The molecule has 0 saturated heterocycles. The molecule has 0 N–H and O–H groups in total. The Balaban J connectivity index is 1.36. The molecule has 7 rings (SSSR count). The van der Waals surface area contributed by atoms with Gasteiger partial charge in [0.25, 0.3) is 0 Å². The molecule has 0 atom stereocenters. The largest absolute Gasteiger partial charge is 0.380 e. The first-order chi connectivity index (χ1) is 22.2. The number of para-hydroxylation sites is 2. The van der Waals surface area contributed by atoms with Crippen molar-refractivity contribution in [2.24, 2.45) is 0 Å². The molecule has 0 amide bonds. The number of halogens is 6. The molecule has 1 aliphatic rings. The molecule has 0 fully saturated rings. The molecule has 0 spiro atoms.